The Labute approximate surface area is 189 Å². The molecule has 3 fully saturated rings. The summed E-state index contributed by atoms with van der Waals surface area (Å²) in [5.41, 5.74) is 1.45. The first kappa shape index (κ1) is 21.2. The number of aliphatic hydroxyl groups excluding tert-OH is 1. The van der Waals surface area contributed by atoms with E-state index in [1.54, 1.807) is 24.3 Å². The van der Waals surface area contributed by atoms with Crippen LogP contribution >= 0.6 is 11.6 Å². The van der Waals surface area contributed by atoms with E-state index in [4.69, 9.17) is 16.3 Å². The Morgan fingerprint density at radius 1 is 1.13 bits per heavy atom. The van der Waals surface area contributed by atoms with E-state index in [1.165, 1.54) is 5.57 Å². The van der Waals surface area contributed by atoms with Crippen LogP contribution in [-0.4, -0.2) is 29.1 Å². The number of rotatable bonds is 2. The van der Waals surface area contributed by atoms with Gasteiger partial charge in [0.25, 0.3) is 0 Å². The van der Waals surface area contributed by atoms with E-state index in [0.717, 1.165) is 32.1 Å². The molecule has 4 aliphatic rings. The third kappa shape index (κ3) is 3.29. The van der Waals surface area contributed by atoms with Crippen molar-refractivity contribution in [2.75, 3.05) is 0 Å². The minimum absolute atomic E-state index is 0.00975. The Bertz CT molecular complexity index is 954. The topological polar surface area (TPSA) is 63.6 Å². The van der Waals surface area contributed by atoms with Crippen molar-refractivity contribution in [3.63, 3.8) is 0 Å². The first-order valence-electron chi connectivity index (χ1n) is 11.6. The molecule has 5 rings (SSSR count). The maximum absolute atomic E-state index is 12.6. The van der Waals surface area contributed by atoms with E-state index in [2.05, 4.69) is 13.8 Å². The third-order valence-electron chi connectivity index (χ3n) is 9.13. The second-order valence-electron chi connectivity index (χ2n) is 10.6. The van der Waals surface area contributed by atoms with Gasteiger partial charge in [-0.3, -0.25) is 4.79 Å². The Hall–Kier alpha value is -1.65. The van der Waals surface area contributed by atoms with Gasteiger partial charge in [-0.15, -0.1) is 0 Å². The molecule has 31 heavy (non-hydrogen) atoms. The molecule has 0 bridgehead atoms. The number of esters is 1. The van der Waals surface area contributed by atoms with Gasteiger partial charge < -0.3 is 9.84 Å². The molecule has 1 aromatic rings. The van der Waals surface area contributed by atoms with Crippen molar-refractivity contribution in [2.45, 2.75) is 71.0 Å². The molecule has 0 spiro atoms. The third-order valence-corrected chi connectivity index (χ3v) is 9.36. The van der Waals surface area contributed by atoms with E-state index < -0.39 is 6.10 Å². The molecule has 1 aromatic carbocycles. The van der Waals surface area contributed by atoms with Gasteiger partial charge in [0.05, 0.1) is 11.7 Å². The van der Waals surface area contributed by atoms with Crippen molar-refractivity contribution in [2.24, 2.45) is 28.6 Å². The number of carbonyl (C=O) groups is 2. The number of halogens is 1. The predicted molar refractivity (Wildman–Crippen MR) is 119 cm³/mol. The van der Waals surface area contributed by atoms with Crippen LogP contribution in [0.2, 0.25) is 5.02 Å². The number of carbonyl (C=O) groups excluding carboxylic acids is 2. The van der Waals surface area contributed by atoms with Gasteiger partial charge in [0.15, 0.2) is 0 Å². The molecule has 0 amide bonds. The zero-order chi connectivity index (χ0) is 22.0. The second kappa shape index (κ2) is 7.45. The molecule has 0 heterocycles. The molecule has 0 aliphatic heterocycles. The Balaban J connectivity index is 1.36. The van der Waals surface area contributed by atoms with Crippen molar-refractivity contribution in [3.05, 3.63) is 46.5 Å². The van der Waals surface area contributed by atoms with Crippen LogP contribution in [0.15, 0.2) is 35.9 Å². The average molecular weight is 443 g/mol. The second-order valence-corrected chi connectivity index (χ2v) is 11.0. The van der Waals surface area contributed by atoms with Crippen molar-refractivity contribution >= 4 is 23.4 Å². The van der Waals surface area contributed by atoms with Gasteiger partial charge >= 0.3 is 5.97 Å². The van der Waals surface area contributed by atoms with Crippen molar-refractivity contribution in [1.29, 1.82) is 0 Å². The van der Waals surface area contributed by atoms with Crippen molar-refractivity contribution in [3.8, 4) is 0 Å². The van der Waals surface area contributed by atoms with Crippen LogP contribution < -0.4 is 0 Å². The molecular formula is C26H31ClO4. The van der Waals surface area contributed by atoms with Gasteiger partial charge in [-0.1, -0.05) is 43.2 Å². The van der Waals surface area contributed by atoms with Gasteiger partial charge in [-0.2, -0.15) is 0 Å². The first-order chi connectivity index (χ1) is 14.7. The molecule has 4 nitrogen and oxygen atoms in total. The van der Waals surface area contributed by atoms with Gasteiger partial charge in [-0.25, -0.2) is 4.79 Å². The van der Waals surface area contributed by atoms with Crippen LogP contribution in [0.4, 0.5) is 0 Å². The molecule has 4 aliphatic carbocycles. The first-order valence-corrected chi connectivity index (χ1v) is 12.0. The zero-order valence-corrected chi connectivity index (χ0v) is 19.0. The van der Waals surface area contributed by atoms with E-state index in [1.807, 2.05) is 6.08 Å². The zero-order valence-electron chi connectivity index (χ0n) is 18.3. The summed E-state index contributed by atoms with van der Waals surface area (Å²) in [5.74, 6) is 0.867. The van der Waals surface area contributed by atoms with Crippen molar-refractivity contribution < 1.29 is 19.4 Å². The summed E-state index contributed by atoms with van der Waals surface area (Å²) in [6, 6.07) is 6.84. The summed E-state index contributed by atoms with van der Waals surface area (Å²) in [4.78, 5) is 25.2. The largest absolute Gasteiger partial charge is 0.458 e. The fourth-order valence-electron chi connectivity index (χ4n) is 7.32. The molecule has 7 unspecified atom stereocenters. The molecular weight excluding hydrogens is 412 g/mol. The monoisotopic (exact) mass is 442 g/mol. The molecule has 166 valence electrons. The van der Waals surface area contributed by atoms with E-state index in [9.17, 15) is 14.7 Å². The molecule has 0 aromatic heterocycles. The lowest BCUT2D eigenvalue weighted by Gasteiger charge is -2.58. The lowest BCUT2D eigenvalue weighted by Crippen LogP contribution is -2.54. The van der Waals surface area contributed by atoms with Crippen LogP contribution in [0, 0.1) is 28.6 Å². The number of hydrogen-bond acceptors (Lipinski definition) is 4. The molecule has 7 atom stereocenters. The summed E-state index contributed by atoms with van der Waals surface area (Å²) in [7, 11) is 0. The molecule has 5 heteroatoms. The average Bonchev–Trinajstić information content (AvgIpc) is 3.04. The summed E-state index contributed by atoms with van der Waals surface area (Å²) in [6.45, 7) is 4.46. The highest BCUT2D eigenvalue weighted by molar-refractivity contribution is 6.30. The van der Waals surface area contributed by atoms with E-state index >= 15 is 0 Å². The Morgan fingerprint density at radius 3 is 2.65 bits per heavy atom. The quantitative estimate of drug-likeness (QED) is 0.494. The molecule has 1 N–H and O–H groups in total. The number of hydrogen-bond donors (Lipinski definition) is 1. The van der Waals surface area contributed by atoms with Crippen LogP contribution in [0.3, 0.4) is 0 Å². The fraction of sp³-hybridized carbons (Fsp3) is 0.615. The highest BCUT2D eigenvalue weighted by Crippen LogP contribution is 2.64. The lowest BCUT2D eigenvalue weighted by atomic mass is 9.47. The minimum atomic E-state index is -0.522. The highest BCUT2D eigenvalue weighted by Gasteiger charge is 2.60. The van der Waals surface area contributed by atoms with Crippen LogP contribution in [0.5, 0.6) is 0 Å². The van der Waals surface area contributed by atoms with Gasteiger partial charge in [0.2, 0.25) is 0 Å². The number of ketones is 1. The number of ether oxygens (including phenoxy) is 1. The smallest absolute Gasteiger partial charge is 0.338 e. The van der Waals surface area contributed by atoms with Crippen LogP contribution in [-0.2, 0) is 9.53 Å². The normalized spacial score (nSPS) is 41.6. The van der Waals surface area contributed by atoms with E-state index in [0.29, 0.717) is 35.1 Å². The van der Waals surface area contributed by atoms with Crippen LogP contribution in [0.25, 0.3) is 0 Å². The standard InChI is InChI=1S/C26H31ClO4/c1-25-10-8-18(31-24(30)15-4-3-5-17(27)12-15)13-16(25)14-21(28)23-19-6-7-22(29)26(19,2)11-9-20(23)25/h3-5,12,14,18-21,23,28H,6-11,13H2,1-2H3. The van der Waals surface area contributed by atoms with Crippen molar-refractivity contribution in [1.82, 2.24) is 0 Å². The predicted octanol–water partition coefficient (Wildman–Crippen LogP) is 5.37. The van der Waals surface area contributed by atoms with Gasteiger partial charge in [-0.05, 0) is 73.5 Å². The number of fused-ring (bicyclic) bond motifs is 5. The lowest BCUT2D eigenvalue weighted by molar-refractivity contribution is -0.135. The maximum atomic E-state index is 12.6. The molecule has 0 radical (unpaired) electrons. The van der Waals surface area contributed by atoms with E-state index in [-0.39, 0.29) is 34.7 Å². The molecule has 3 saturated carbocycles. The maximum Gasteiger partial charge on any atom is 0.338 e. The Kier molecular flexibility index (Phi) is 5.10. The number of aliphatic hydroxyl groups is 1. The Morgan fingerprint density at radius 2 is 1.87 bits per heavy atom. The van der Waals surface area contributed by atoms with Gasteiger partial charge in [0.1, 0.15) is 11.9 Å². The summed E-state index contributed by atoms with van der Waals surface area (Å²) in [6.07, 6.45) is 7.25. The van der Waals surface area contributed by atoms with Crippen LogP contribution in [0.1, 0.15) is 69.2 Å². The summed E-state index contributed by atoms with van der Waals surface area (Å²) < 4.78 is 5.83. The number of Topliss-reactive ketones (excluding diaryl/α,β-unsaturated/α-hetero) is 1. The summed E-state index contributed by atoms with van der Waals surface area (Å²) in [5, 5.41) is 11.7. The minimum Gasteiger partial charge on any atom is -0.458 e. The molecule has 0 saturated heterocycles. The number of benzene rings is 1. The fourth-order valence-corrected chi connectivity index (χ4v) is 7.51. The SMILES string of the molecule is CC12CCC3C(C(O)C=C4CC(OC(=O)c5cccc(Cl)c5)CCC43C)C1CCC2=O. The highest BCUT2D eigenvalue weighted by atomic mass is 35.5. The summed E-state index contributed by atoms with van der Waals surface area (Å²) >= 11 is 6.01. The van der Waals surface area contributed by atoms with Gasteiger partial charge in [0, 0.05) is 23.3 Å².